The molecule has 5 aromatic rings. The van der Waals surface area contributed by atoms with Crippen molar-refractivity contribution in [2.45, 2.75) is 72.3 Å². The first-order chi connectivity index (χ1) is 25.0. The summed E-state index contributed by atoms with van der Waals surface area (Å²) in [5.74, 6) is -0.704. The number of nitrogens with zero attached hydrogens (tertiary/aromatic N) is 7. The van der Waals surface area contributed by atoms with Crippen LogP contribution in [0, 0.1) is 4.91 Å². The van der Waals surface area contributed by atoms with Crippen LogP contribution in [0.1, 0.15) is 69.8 Å². The fourth-order valence-corrected chi connectivity index (χ4v) is 5.25. The first kappa shape index (κ1) is 37.4. The molecule has 52 heavy (non-hydrogen) atoms. The minimum Gasteiger partial charge on any atom is -0.465 e. The summed E-state index contributed by atoms with van der Waals surface area (Å²) in [5.41, 5.74) is 6.97. The Balaban J connectivity index is 1.21. The maximum atomic E-state index is 13.5. The molecule has 0 aliphatic carbocycles. The minimum atomic E-state index is -1.14. The van der Waals surface area contributed by atoms with Crippen molar-refractivity contribution in [1.82, 2.24) is 40.8 Å². The maximum Gasteiger partial charge on any atom is 0.343 e. The highest BCUT2D eigenvalue weighted by molar-refractivity contribution is 6.02. The standard InChI is InChI=1S/C36H44N9O7/c1-7-49-35-37-30-16-12-15-29(34(47)52-24(2)51-31(46)17-10-11-22-50-42-45(48)43(6)36(3,4)5)32(30)44(35)23-25-18-20-26(21-19-25)27-13-8-9-14-28(27)33-38-40-41-39-33/h8-9,12-16,18-21,24H,7,10-11,17,22-23H2,1-6H3,(H,42,48)(H,38,39,40,41)/q+1. The lowest BCUT2D eigenvalue weighted by Gasteiger charge is -2.22. The van der Waals surface area contributed by atoms with E-state index in [4.69, 9.17) is 19.0 Å². The zero-order valence-corrected chi connectivity index (χ0v) is 30.2. The second kappa shape index (κ2) is 16.9. The van der Waals surface area contributed by atoms with Crippen molar-refractivity contribution >= 4 is 23.0 Å². The molecule has 2 N–H and O–H groups in total. The molecule has 2 heterocycles. The average molecular weight is 715 g/mol. The Kier molecular flexibility index (Phi) is 12.1. The molecule has 0 fully saturated rings. The van der Waals surface area contributed by atoms with Gasteiger partial charge in [-0.05, 0) is 74.6 Å². The van der Waals surface area contributed by atoms with E-state index < -0.39 is 18.2 Å². The van der Waals surface area contributed by atoms with Crippen LogP contribution in [-0.2, 0) is 25.7 Å². The van der Waals surface area contributed by atoms with Gasteiger partial charge in [0.15, 0.2) is 0 Å². The summed E-state index contributed by atoms with van der Waals surface area (Å²) in [6.07, 6.45) is -0.121. The van der Waals surface area contributed by atoms with Crippen molar-refractivity contribution in [2.24, 2.45) is 0 Å². The quantitative estimate of drug-likeness (QED) is 0.0411. The second-order valence-electron chi connectivity index (χ2n) is 12.9. The number of aromatic amines is 1. The number of tetrazole rings is 1. The molecule has 0 amide bonds. The van der Waals surface area contributed by atoms with Gasteiger partial charge < -0.3 is 14.2 Å². The lowest BCUT2D eigenvalue weighted by atomic mass is 9.98. The number of nitrogens with one attached hydrogen (secondary N) is 2. The number of rotatable bonds is 17. The van der Waals surface area contributed by atoms with Gasteiger partial charge in [-0.1, -0.05) is 54.6 Å². The third-order valence-electron chi connectivity index (χ3n) is 8.18. The van der Waals surface area contributed by atoms with Crippen molar-refractivity contribution < 1.29 is 33.6 Å². The summed E-state index contributed by atoms with van der Waals surface area (Å²) < 4.78 is 18.6. The molecule has 2 aromatic heterocycles. The molecule has 3 aromatic carbocycles. The van der Waals surface area contributed by atoms with E-state index in [0.717, 1.165) is 22.3 Å². The molecule has 5 rings (SSSR count). The lowest BCUT2D eigenvalue weighted by molar-refractivity contribution is -0.795. The zero-order chi connectivity index (χ0) is 37.3. The number of ether oxygens (including phenoxy) is 3. The van der Waals surface area contributed by atoms with Crippen LogP contribution in [-0.4, -0.2) is 84.2 Å². The van der Waals surface area contributed by atoms with Crippen molar-refractivity contribution in [3.05, 3.63) is 82.8 Å². The van der Waals surface area contributed by atoms with E-state index in [-0.39, 0.29) is 24.1 Å². The van der Waals surface area contributed by atoms with Crippen LogP contribution in [0.15, 0.2) is 66.7 Å². The molecule has 0 radical (unpaired) electrons. The number of benzene rings is 3. The van der Waals surface area contributed by atoms with E-state index in [1.807, 2.05) is 80.8 Å². The Hall–Kier alpha value is -5.90. The van der Waals surface area contributed by atoms with E-state index in [0.29, 0.717) is 53.8 Å². The van der Waals surface area contributed by atoms with E-state index in [1.54, 1.807) is 25.2 Å². The predicted molar refractivity (Wildman–Crippen MR) is 190 cm³/mol. The predicted octanol–water partition coefficient (Wildman–Crippen LogP) is 5.41. The summed E-state index contributed by atoms with van der Waals surface area (Å²) in [6.45, 7) is 9.95. The van der Waals surface area contributed by atoms with Crippen molar-refractivity contribution in [2.75, 3.05) is 20.3 Å². The number of esters is 2. The number of nitroso groups, excluding NO2 is 1. The van der Waals surface area contributed by atoms with Crippen LogP contribution in [0.25, 0.3) is 33.5 Å². The van der Waals surface area contributed by atoms with E-state index in [1.165, 1.54) is 11.9 Å². The van der Waals surface area contributed by atoms with Crippen LogP contribution >= 0.6 is 0 Å². The van der Waals surface area contributed by atoms with Crippen LogP contribution in [0.5, 0.6) is 6.01 Å². The fraction of sp³-hybridized carbons (Fsp3) is 0.389. The number of H-pyrrole nitrogens is 1. The van der Waals surface area contributed by atoms with E-state index in [9.17, 15) is 14.5 Å². The van der Waals surface area contributed by atoms with Gasteiger partial charge in [-0.3, -0.25) is 9.36 Å². The number of aromatic nitrogens is 6. The Bertz CT molecular complexity index is 1970. The monoisotopic (exact) mass is 714 g/mol. The second-order valence-corrected chi connectivity index (χ2v) is 12.9. The van der Waals surface area contributed by atoms with Gasteiger partial charge in [0.2, 0.25) is 12.1 Å². The maximum absolute atomic E-state index is 13.5. The first-order valence-electron chi connectivity index (χ1n) is 17.0. The van der Waals surface area contributed by atoms with Crippen molar-refractivity contribution in [3.8, 4) is 28.5 Å². The number of carbonyl (C=O) groups is 2. The van der Waals surface area contributed by atoms with Gasteiger partial charge >= 0.3 is 11.9 Å². The molecule has 0 saturated heterocycles. The molecule has 1 unspecified atom stereocenters. The highest BCUT2D eigenvalue weighted by Crippen LogP contribution is 2.31. The van der Waals surface area contributed by atoms with Gasteiger partial charge in [0, 0.05) is 24.5 Å². The Labute approximate surface area is 300 Å². The summed E-state index contributed by atoms with van der Waals surface area (Å²) in [6, 6.07) is 21.3. The number of para-hydroxylation sites is 1. The smallest absolute Gasteiger partial charge is 0.343 e. The third-order valence-corrected chi connectivity index (χ3v) is 8.18. The number of unbranched alkanes of at least 4 members (excludes halogenated alkanes) is 1. The molecule has 16 heteroatoms. The van der Waals surface area contributed by atoms with Gasteiger partial charge in [0.25, 0.3) is 11.0 Å². The highest BCUT2D eigenvalue weighted by Gasteiger charge is 2.29. The zero-order valence-electron chi connectivity index (χ0n) is 30.2. The fourth-order valence-electron chi connectivity index (χ4n) is 5.25. The molecule has 1 atom stereocenters. The summed E-state index contributed by atoms with van der Waals surface area (Å²) in [4.78, 5) is 48.3. The van der Waals surface area contributed by atoms with Crippen LogP contribution in [0.3, 0.4) is 0 Å². The first-order valence-corrected chi connectivity index (χ1v) is 17.0. The topological polar surface area (TPSA) is 179 Å². The van der Waals surface area contributed by atoms with Crippen LogP contribution in [0.4, 0.5) is 0 Å². The van der Waals surface area contributed by atoms with E-state index >= 15 is 0 Å². The number of carbonyl (C=O) groups excluding carboxylic acids is 2. The average Bonchev–Trinajstić information content (AvgIpc) is 3.78. The molecule has 0 saturated carbocycles. The number of fused-ring (bicyclic) bond motifs is 1. The van der Waals surface area contributed by atoms with Crippen molar-refractivity contribution in [3.63, 3.8) is 0 Å². The van der Waals surface area contributed by atoms with Gasteiger partial charge in [-0.15, -0.1) is 15.2 Å². The molecular weight excluding hydrogens is 670 g/mol. The Morgan fingerprint density at radius 3 is 2.44 bits per heavy atom. The van der Waals surface area contributed by atoms with Crippen molar-refractivity contribution in [1.29, 1.82) is 0 Å². The number of hydrogen-bond acceptors (Lipinski definition) is 11. The van der Waals surface area contributed by atoms with Gasteiger partial charge in [-0.25, -0.2) is 9.63 Å². The normalized spacial score (nSPS) is 12.0. The summed E-state index contributed by atoms with van der Waals surface area (Å²) in [5, 5.41) is 15.9. The molecule has 274 valence electrons. The van der Waals surface area contributed by atoms with Crippen LogP contribution in [0.2, 0.25) is 0 Å². The molecule has 16 nitrogen and oxygen atoms in total. The molecule has 0 aliphatic rings. The third kappa shape index (κ3) is 9.25. The van der Waals surface area contributed by atoms with Crippen LogP contribution < -0.4 is 10.3 Å². The summed E-state index contributed by atoms with van der Waals surface area (Å²) >= 11 is 0. The number of imidazole rings is 1. The molecule has 0 aliphatic heterocycles. The molecule has 0 spiro atoms. The largest absolute Gasteiger partial charge is 0.465 e. The highest BCUT2D eigenvalue weighted by atomic mass is 16.7. The lowest BCUT2D eigenvalue weighted by Crippen LogP contribution is -2.49. The number of hydrazine groups is 2. The van der Waals surface area contributed by atoms with E-state index in [2.05, 4.69) is 31.2 Å². The Morgan fingerprint density at radius 2 is 1.75 bits per heavy atom. The molecular formula is C36H44N9O7+. The Morgan fingerprint density at radius 1 is 1.00 bits per heavy atom. The van der Waals surface area contributed by atoms with Gasteiger partial charge in [0.1, 0.15) is 0 Å². The number of hydrogen-bond donors (Lipinski definition) is 2. The van der Waals surface area contributed by atoms with Gasteiger partial charge in [0.05, 0.1) is 53.8 Å². The molecule has 0 bridgehead atoms. The summed E-state index contributed by atoms with van der Waals surface area (Å²) in [7, 11) is 1.64. The van der Waals surface area contributed by atoms with Gasteiger partial charge in [-0.2, -0.15) is 10.2 Å². The minimum absolute atomic E-state index is 0.0791. The SMILES string of the molecule is CCOc1nc2cccc(C(=O)OC(C)OC(=O)CCCCON[N+](=O)N(C)C(C)(C)C)c2n1Cc1ccc(-c2ccccc2-c2nn[nH]n2)cc1.